The molecule has 8 nitrogen and oxygen atoms in total. The molecule has 1 fully saturated rings. The molecule has 0 spiro atoms. The Hall–Kier alpha value is -3.42. The smallest absolute Gasteiger partial charge is 0.258 e. The van der Waals surface area contributed by atoms with Gasteiger partial charge < -0.3 is 14.0 Å². The molecule has 0 bridgehead atoms. The Balaban J connectivity index is 1.44. The Morgan fingerprint density at radius 1 is 0.968 bits per heavy atom. The van der Waals surface area contributed by atoms with Gasteiger partial charge in [-0.15, -0.1) is 5.10 Å². The van der Waals surface area contributed by atoms with Crippen molar-refractivity contribution in [3.05, 3.63) is 36.4 Å². The van der Waals surface area contributed by atoms with Gasteiger partial charge in [0.25, 0.3) is 5.89 Å². The minimum Gasteiger partial charge on any atom is -0.490 e. The first-order valence-electron chi connectivity index (χ1n) is 10.9. The van der Waals surface area contributed by atoms with Gasteiger partial charge in [0.2, 0.25) is 5.82 Å². The van der Waals surface area contributed by atoms with Crippen molar-refractivity contribution >= 4 is 11.0 Å². The van der Waals surface area contributed by atoms with Gasteiger partial charge in [0.1, 0.15) is 5.52 Å². The molecule has 0 unspecified atom stereocenters. The summed E-state index contributed by atoms with van der Waals surface area (Å²) in [6, 6.07) is 12.1. The third kappa shape index (κ3) is 3.73. The molecule has 0 radical (unpaired) electrons. The van der Waals surface area contributed by atoms with Crippen molar-refractivity contribution < 1.29 is 14.0 Å². The monoisotopic (exact) mass is 419 g/mol. The first-order valence-corrected chi connectivity index (χ1v) is 10.9. The third-order valence-electron chi connectivity index (χ3n) is 5.62. The normalized spacial score (nSPS) is 14.4. The van der Waals surface area contributed by atoms with Crippen LogP contribution in [0.3, 0.4) is 0 Å². The largest absolute Gasteiger partial charge is 0.490 e. The molecule has 1 saturated carbocycles. The van der Waals surface area contributed by atoms with Crippen LogP contribution in [0.2, 0.25) is 0 Å². The zero-order chi connectivity index (χ0) is 21.2. The van der Waals surface area contributed by atoms with Crippen LogP contribution in [0.25, 0.3) is 33.9 Å². The molecule has 0 N–H and O–H groups in total. The molecule has 2 heterocycles. The number of aromatic nitrogens is 5. The third-order valence-corrected chi connectivity index (χ3v) is 5.62. The summed E-state index contributed by atoms with van der Waals surface area (Å²) in [5.41, 5.74) is 3.51. The molecule has 0 saturated heterocycles. The van der Waals surface area contributed by atoms with Crippen LogP contribution < -0.4 is 9.47 Å². The highest BCUT2D eigenvalue weighted by Gasteiger charge is 2.21. The number of ether oxygens (including phenoxy) is 2. The Morgan fingerprint density at radius 3 is 2.55 bits per heavy atom. The van der Waals surface area contributed by atoms with E-state index in [1.807, 2.05) is 50.2 Å². The number of benzene rings is 2. The van der Waals surface area contributed by atoms with Gasteiger partial charge in [-0.25, -0.2) is 4.68 Å². The van der Waals surface area contributed by atoms with Crippen LogP contribution >= 0.6 is 0 Å². The molecule has 2 aromatic carbocycles. The predicted octanol–water partition coefficient (Wildman–Crippen LogP) is 5.06. The lowest BCUT2D eigenvalue weighted by molar-refractivity contribution is 0.288. The van der Waals surface area contributed by atoms with Crippen LogP contribution in [0, 0.1) is 0 Å². The van der Waals surface area contributed by atoms with Crippen molar-refractivity contribution in [1.29, 1.82) is 0 Å². The van der Waals surface area contributed by atoms with E-state index in [1.165, 1.54) is 25.7 Å². The lowest BCUT2D eigenvalue weighted by atomic mass is 10.1. The van der Waals surface area contributed by atoms with Crippen molar-refractivity contribution in [1.82, 2.24) is 25.1 Å². The molecule has 2 aromatic heterocycles. The van der Waals surface area contributed by atoms with Gasteiger partial charge in [-0.1, -0.05) is 23.2 Å². The highest BCUT2D eigenvalue weighted by Crippen LogP contribution is 2.34. The summed E-state index contributed by atoms with van der Waals surface area (Å²) in [5.74, 6) is 2.29. The van der Waals surface area contributed by atoms with Crippen molar-refractivity contribution in [3.63, 3.8) is 0 Å². The van der Waals surface area contributed by atoms with Crippen LogP contribution in [0.1, 0.15) is 45.6 Å². The van der Waals surface area contributed by atoms with E-state index < -0.39 is 0 Å². The molecule has 4 aromatic rings. The summed E-state index contributed by atoms with van der Waals surface area (Å²) in [4.78, 5) is 4.59. The van der Waals surface area contributed by atoms with Gasteiger partial charge in [-0.3, -0.25) is 0 Å². The summed E-state index contributed by atoms with van der Waals surface area (Å²) < 4.78 is 18.9. The topological polar surface area (TPSA) is 88.1 Å². The van der Waals surface area contributed by atoms with Gasteiger partial charge in [0, 0.05) is 11.1 Å². The van der Waals surface area contributed by atoms with E-state index in [-0.39, 0.29) is 0 Å². The molecule has 1 aliphatic carbocycles. The van der Waals surface area contributed by atoms with Crippen LogP contribution in [-0.4, -0.2) is 38.3 Å². The fourth-order valence-corrected chi connectivity index (χ4v) is 4.14. The summed E-state index contributed by atoms with van der Waals surface area (Å²) in [6.07, 6.45) is 4.85. The van der Waals surface area contributed by atoms with Gasteiger partial charge in [0.15, 0.2) is 11.5 Å². The van der Waals surface area contributed by atoms with Crippen LogP contribution in [0.15, 0.2) is 40.9 Å². The Bertz CT molecular complexity index is 1190. The number of fused-ring (bicyclic) bond motifs is 1. The predicted molar refractivity (Wildman–Crippen MR) is 116 cm³/mol. The molecule has 1 aliphatic rings. The zero-order valence-corrected chi connectivity index (χ0v) is 17.7. The van der Waals surface area contributed by atoms with Gasteiger partial charge in [-0.05, 0) is 63.1 Å². The number of hydrogen-bond acceptors (Lipinski definition) is 7. The second-order valence-electron chi connectivity index (χ2n) is 7.63. The summed E-state index contributed by atoms with van der Waals surface area (Å²) in [7, 11) is 0. The van der Waals surface area contributed by atoms with E-state index in [4.69, 9.17) is 14.0 Å². The molecule has 160 valence electrons. The van der Waals surface area contributed by atoms with E-state index >= 15 is 0 Å². The molecular formula is C23H25N5O3. The molecule has 0 aliphatic heterocycles. The second kappa shape index (κ2) is 8.37. The lowest BCUT2D eigenvalue weighted by Gasteiger charge is -2.11. The number of nitrogens with zero attached hydrogens (tertiary/aromatic N) is 5. The van der Waals surface area contributed by atoms with E-state index in [0.717, 1.165) is 22.2 Å². The Morgan fingerprint density at radius 2 is 1.74 bits per heavy atom. The fourth-order valence-electron chi connectivity index (χ4n) is 4.14. The van der Waals surface area contributed by atoms with E-state index in [0.29, 0.717) is 42.5 Å². The highest BCUT2D eigenvalue weighted by atomic mass is 16.5. The average Bonchev–Trinajstić information content (AvgIpc) is 3.54. The van der Waals surface area contributed by atoms with Gasteiger partial charge >= 0.3 is 0 Å². The van der Waals surface area contributed by atoms with Gasteiger partial charge in [0.05, 0.1) is 24.8 Å². The summed E-state index contributed by atoms with van der Waals surface area (Å²) in [6.45, 7) is 4.99. The Kier molecular flexibility index (Phi) is 5.28. The van der Waals surface area contributed by atoms with Crippen molar-refractivity contribution in [2.75, 3.05) is 13.2 Å². The van der Waals surface area contributed by atoms with Crippen molar-refractivity contribution in [3.8, 4) is 34.3 Å². The molecule has 0 atom stereocenters. The SMILES string of the molecule is CCOc1ccc(-c2nc(-c3ccc4c(c3)nnn4C3CCCC3)no2)cc1OCC. The first kappa shape index (κ1) is 19.5. The standard InChI is InChI=1S/C23H25N5O3/c1-3-29-20-12-10-16(14-21(20)30-4-2)23-24-22(26-31-23)15-9-11-19-18(13-15)25-27-28(19)17-7-5-6-8-17/h9-14,17H,3-8H2,1-2H3. The molecule has 31 heavy (non-hydrogen) atoms. The maximum atomic E-state index is 5.70. The Labute approximate surface area is 180 Å². The highest BCUT2D eigenvalue weighted by molar-refractivity contribution is 5.80. The summed E-state index contributed by atoms with van der Waals surface area (Å²) >= 11 is 0. The van der Waals surface area contributed by atoms with E-state index in [9.17, 15) is 0 Å². The minimum atomic E-state index is 0.425. The van der Waals surface area contributed by atoms with E-state index in [2.05, 4.69) is 25.1 Å². The number of hydrogen-bond donors (Lipinski definition) is 0. The van der Waals surface area contributed by atoms with Crippen molar-refractivity contribution in [2.45, 2.75) is 45.6 Å². The maximum Gasteiger partial charge on any atom is 0.258 e. The maximum absolute atomic E-state index is 5.70. The van der Waals surface area contributed by atoms with E-state index in [1.54, 1.807) is 0 Å². The number of rotatable bonds is 7. The average molecular weight is 419 g/mol. The fraction of sp³-hybridized carbons (Fsp3) is 0.391. The minimum absolute atomic E-state index is 0.425. The summed E-state index contributed by atoms with van der Waals surface area (Å²) in [5, 5.41) is 12.9. The van der Waals surface area contributed by atoms with Gasteiger partial charge in [-0.2, -0.15) is 4.98 Å². The van der Waals surface area contributed by atoms with Crippen molar-refractivity contribution in [2.24, 2.45) is 0 Å². The molecular weight excluding hydrogens is 394 g/mol. The molecule has 8 heteroatoms. The molecule has 0 amide bonds. The van der Waals surface area contributed by atoms with Crippen LogP contribution in [-0.2, 0) is 0 Å². The second-order valence-corrected chi connectivity index (χ2v) is 7.63. The van der Waals surface area contributed by atoms with Crippen LogP contribution in [0.4, 0.5) is 0 Å². The quantitative estimate of drug-likeness (QED) is 0.414. The first-order chi connectivity index (χ1) is 15.3. The zero-order valence-electron chi connectivity index (χ0n) is 17.7. The molecule has 5 rings (SSSR count). The van der Waals surface area contributed by atoms with Crippen LogP contribution in [0.5, 0.6) is 11.5 Å². The lowest BCUT2D eigenvalue weighted by Crippen LogP contribution is -2.06.